The second-order valence-corrected chi connectivity index (χ2v) is 3.25. The Hall–Kier alpha value is -2.11. The molecule has 0 spiro atoms. The smallest absolute Gasteiger partial charge is 0.369 e. The average Bonchev–Trinajstić information content (AvgIpc) is 2.26. The number of alkyl halides is 3. The molecule has 0 N–H and O–H groups in total. The Morgan fingerprint density at radius 1 is 1.24 bits per heavy atom. The van der Waals surface area contributed by atoms with Gasteiger partial charge in [-0.15, -0.1) is 13.2 Å². The van der Waals surface area contributed by atoms with Crippen molar-refractivity contribution < 1.29 is 22.7 Å². The first-order valence-electron chi connectivity index (χ1n) is 4.60. The molecule has 0 saturated carbocycles. The first-order chi connectivity index (χ1) is 7.96. The van der Waals surface area contributed by atoms with Gasteiger partial charge in [0.25, 0.3) is 0 Å². The third-order valence-corrected chi connectivity index (χ3v) is 2.05. The van der Waals surface area contributed by atoms with Crippen molar-refractivity contribution in [2.24, 2.45) is 0 Å². The van der Waals surface area contributed by atoms with Gasteiger partial charge in [0.1, 0.15) is 0 Å². The number of carbonyl (C=O) groups is 1. The van der Waals surface area contributed by atoms with Gasteiger partial charge in [0, 0.05) is 11.6 Å². The number of fused-ring (bicyclic) bond motifs is 1. The van der Waals surface area contributed by atoms with Gasteiger partial charge in [-0.25, -0.2) is 4.79 Å². The maximum absolute atomic E-state index is 11.9. The highest BCUT2D eigenvalue weighted by molar-refractivity contribution is 5.94. The first-order valence-corrected chi connectivity index (χ1v) is 4.60. The molecule has 0 aliphatic heterocycles. The number of nitrogens with zero attached hydrogens (tertiary/aromatic N) is 1. The first kappa shape index (κ1) is 11.4. The molecule has 0 unspecified atom stereocenters. The molecule has 88 valence electrons. The van der Waals surface area contributed by atoms with E-state index in [9.17, 15) is 18.0 Å². The highest BCUT2D eigenvalue weighted by Gasteiger charge is 2.34. The van der Waals surface area contributed by atoms with Gasteiger partial charge < -0.3 is 4.74 Å². The molecule has 1 aromatic heterocycles. The number of benzene rings is 1. The lowest BCUT2D eigenvalue weighted by atomic mass is 10.1. The lowest BCUT2D eigenvalue weighted by molar-refractivity contribution is -0.291. The van der Waals surface area contributed by atoms with Crippen LogP contribution in [-0.4, -0.2) is 17.3 Å². The van der Waals surface area contributed by atoms with Crippen LogP contribution in [0.1, 0.15) is 10.4 Å². The van der Waals surface area contributed by atoms with Crippen LogP contribution in [0.4, 0.5) is 13.2 Å². The topological polar surface area (TPSA) is 39.2 Å². The van der Waals surface area contributed by atoms with E-state index < -0.39 is 12.3 Å². The quantitative estimate of drug-likeness (QED) is 0.720. The normalized spacial score (nSPS) is 11.5. The van der Waals surface area contributed by atoms with Gasteiger partial charge in [-0.3, -0.25) is 4.98 Å². The number of hydrogen-bond acceptors (Lipinski definition) is 3. The van der Waals surface area contributed by atoms with E-state index in [0.717, 1.165) is 0 Å². The molecule has 17 heavy (non-hydrogen) atoms. The van der Waals surface area contributed by atoms with E-state index in [1.165, 1.54) is 18.2 Å². The Bertz CT molecular complexity index is 566. The predicted octanol–water partition coefficient (Wildman–Crippen LogP) is 2.91. The zero-order valence-corrected chi connectivity index (χ0v) is 8.36. The lowest BCUT2D eigenvalue weighted by Crippen LogP contribution is -2.19. The molecule has 0 aliphatic rings. The summed E-state index contributed by atoms with van der Waals surface area (Å²) in [5, 5.41) is 0.573. The lowest BCUT2D eigenvalue weighted by Gasteiger charge is -2.07. The van der Waals surface area contributed by atoms with Crippen LogP contribution in [-0.2, 0) is 4.74 Å². The number of ether oxygens (including phenoxy) is 1. The van der Waals surface area contributed by atoms with Crippen molar-refractivity contribution in [2.45, 2.75) is 6.36 Å². The number of carbonyl (C=O) groups excluding carboxylic acids is 1. The molecule has 0 bridgehead atoms. The van der Waals surface area contributed by atoms with Crippen LogP contribution < -0.4 is 0 Å². The number of rotatable bonds is 1. The molecule has 0 saturated heterocycles. The Labute approximate surface area is 93.8 Å². The Morgan fingerprint density at radius 3 is 2.71 bits per heavy atom. The molecule has 2 rings (SSSR count). The van der Waals surface area contributed by atoms with Crippen LogP contribution in [0, 0.1) is 0 Å². The van der Waals surface area contributed by atoms with E-state index in [1.807, 2.05) is 0 Å². The Morgan fingerprint density at radius 2 is 2.00 bits per heavy atom. The average molecular weight is 241 g/mol. The predicted molar refractivity (Wildman–Crippen MR) is 53.2 cm³/mol. The minimum Gasteiger partial charge on any atom is -0.369 e. The van der Waals surface area contributed by atoms with Crippen molar-refractivity contribution in [1.82, 2.24) is 4.98 Å². The molecular formula is C11H6F3NO2. The van der Waals surface area contributed by atoms with E-state index in [2.05, 4.69) is 9.72 Å². The number of halogens is 3. The SMILES string of the molecule is O=C(OC(F)(F)F)c1ccc2ncccc2c1. The number of esters is 1. The van der Waals surface area contributed by atoms with E-state index in [0.29, 0.717) is 10.9 Å². The number of pyridine rings is 1. The van der Waals surface area contributed by atoms with Crippen LogP contribution in [0.3, 0.4) is 0 Å². The van der Waals surface area contributed by atoms with Crippen molar-refractivity contribution in [1.29, 1.82) is 0 Å². The maximum atomic E-state index is 11.9. The van der Waals surface area contributed by atoms with E-state index in [4.69, 9.17) is 0 Å². The summed E-state index contributed by atoms with van der Waals surface area (Å²) in [5.74, 6) is -1.43. The Balaban J connectivity index is 2.33. The van der Waals surface area contributed by atoms with Gasteiger partial charge in [0.05, 0.1) is 11.1 Å². The van der Waals surface area contributed by atoms with Crippen LogP contribution in [0.2, 0.25) is 0 Å². The molecule has 0 aliphatic carbocycles. The van der Waals surface area contributed by atoms with Crippen molar-refractivity contribution in [3.05, 3.63) is 42.1 Å². The van der Waals surface area contributed by atoms with Crippen molar-refractivity contribution >= 4 is 16.9 Å². The molecule has 1 heterocycles. The van der Waals surface area contributed by atoms with Crippen LogP contribution in [0.15, 0.2) is 36.5 Å². The third kappa shape index (κ3) is 2.72. The van der Waals surface area contributed by atoms with Crippen LogP contribution in [0.5, 0.6) is 0 Å². The largest absolute Gasteiger partial charge is 0.575 e. The molecule has 6 heteroatoms. The van der Waals surface area contributed by atoms with E-state index in [1.54, 1.807) is 18.3 Å². The Kier molecular flexibility index (Phi) is 2.71. The molecule has 0 atom stereocenters. The maximum Gasteiger partial charge on any atom is 0.575 e. The summed E-state index contributed by atoms with van der Waals surface area (Å²) in [6, 6.07) is 7.27. The van der Waals surface area contributed by atoms with Crippen molar-refractivity contribution in [3.8, 4) is 0 Å². The highest BCUT2D eigenvalue weighted by atomic mass is 19.4. The third-order valence-electron chi connectivity index (χ3n) is 2.05. The van der Waals surface area contributed by atoms with Gasteiger partial charge in [0.2, 0.25) is 0 Å². The summed E-state index contributed by atoms with van der Waals surface area (Å²) >= 11 is 0. The van der Waals surface area contributed by atoms with Crippen molar-refractivity contribution in [2.75, 3.05) is 0 Å². The molecule has 1 aromatic carbocycles. The molecule has 0 radical (unpaired) electrons. The fourth-order valence-corrected chi connectivity index (χ4v) is 1.37. The summed E-state index contributed by atoms with van der Waals surface area (Å²) in [7, 11) is 0. The fraction of sp³-hybridized carbons (Fsp3) is 0.0909. The van der Waals surface area contributed by atoms with Gasteiger partial charge in [-0.05, 0) is 24.3 Å². The van der Waals surface area contributed by atoms with Gasteiger partial charge in [-0.1, -0.05) is 6.07 Å². The summed E-state index contributed by atoms with van der Waals surface area (Å²) in [4.78, 5) is 15.1. The van der Waals surface area contributed by atoms with Crippen LogP contribution in [0.25, 0.3) is 10.9 Å². The highest BCUT2D eigenvalue weighted by Crippen LogP contribution is 2.20. The molecule has 3 nitrogen and oxygen atoms in total. The van der Waals surface area contributed by atoms with Gasteiger partial charge >= 0.3 is 12.3 Å². The summed E-state index contributed by atoms with van der Waals surface area (Å²) in [6.45, 7) is 0. The van der Waals surface area contributed by atoms with E-state index in [-0.39, 0.29) is 5.56 Å². The van der Waals surface area contributed by atoms with Gasteiger partial charge in [0.15, 0.2) is 0 Å². The molecular weight excluding hydrogens is 235 g/mol. The fourth-order valence-electron chi connectivity index (χ4n) is 1.37. The standard InChI is InChI=1S/C11H6F3NO2/c12-11(13,14)17-10(16)8-3-4-9-7(6-8)2-1-5-15-9/h1-6H. The zero-order valence-electron chi connectivity index (χ0n) is 8.36. The minimum absolute atomic E-state index is 0.164. The summed E-state index contributed by atoms with van der Waals surface area (Å²) in [6.07, 6.45) is -3.42. The summed E-state index contributed by atoms with van der Waals surface area (Å²) in [5.41, 5.74) is 0.430. The van der Waals surface area contributed by atoms with Crippen molar-refractivity contribution in [3.63, 3.8) is 0 Å². The monoisotopic (exact) mass is 241 g/mol. The van der Waals surface area contributed by atoms with E-state index >= 15 is 0 Å². The molecule has 2 aromatic rings. The second-order valence-electron chi connectivity index (χ2n) is 3.25. The minimum atomic E-state index is -4.97. The zero-order chi connectivity index (χ0) is 12.5. The molecule has 0 amide bonds. The summed E-state index contributed by atoms with van der Waals surface area (Å²) < 4.78 is 38.9. The molecule has 0 fully saturated rings. The van der Waals surface area contributed by atoms with Gasteiger partial charge in [-0.2, -0.15) is 0 Å². The number of hydrogen-bond donors (Lipinski definition) is 0. The van der Waals surface area contributed by atoms with Crippen LogP contribution >= 0.6 is 0 Å². The number of aromatic nitrogens is 1. The second kappa shape index (κ2) is 4.04.